The summed E-state index contributed by atoms with van der Waals surface area (Å²) in [5, 5.41) is 5.19. The number of piperazine rings is 1. The Morgan fingerprint density at radius 3 is 2.76 bits per heavy atom. The lowest BCUT2D eigenvalue weighted by molar-refractivity contribution is -0.133. The first-order chi connectivity index (χ1) is 12.1. The molecular formula is C19H23N3O3. The zero-order valence-corrected chi connectivity index (χ0v) is 14.6. The summed E-state index contributed by atoms with van der Waals surface area (Å²) in [6.45, 7) is 1.76. The molecule has 1 N–H and O–H groups in total. The van der Waals surface area contributed by atoms with Crippen molar-refractivity contribution in [2.75, 3.05) is 40.3 Å². The number of amides is 3. The average molecular weight is 341 g/mol. The van der Waals surface area contributed by atoms with Gasteiger partial charge in [-0.1, -0.05) is 30.3 Å². The number of carbonyl (C=O) groups excluding carboxylic acids is 2. The molecule has 0 atom stereocenters. The molecule has 0 unspecified atom stereocenters. The zero-order chi connectivity index (χ0) is 17.8. The molecular weight excluding hydrogens is 318 g/mol. The fraction of sp³-hybridized carbons (Fsp3) is 0.368. The molecule has 0 bridgehead atoms. The Hall–Kier alpha value is -2.76. The molecule has 1 aliphatic rings. The molecule has 132 valence electrons. The first kappa shape index (κ1) is 17.1. The quantitative estimate of drug-likeness (QED) is 0.923. The van der Waals surface area contributed by atoms with Crippen LogP contribution >= 0.6 is 0 Å². The first-order valence-corrected chi connectivity index (χ1v) is 8.41. The average Bonchev–Trinajstić information content (AvgIpc) is 2.63. The molecule has 1 heterocycles. The molecule has 1 saturated heterocycles. The van der Waals surface area contributed by atoms with Crippen LogP contribution in [-0.4, -0.2) is 62.1 Å². The van der Waals surface area contributed by atoms with E-state index in [1.807, 2.05) is 24.3 Å². The van der Waals surface area contributed by atoms with E-state index in [0.717, 1.165) is 22.1 Å². The van der Waals surface area contributed by atoms with Crippen molar-refractivity contribution in [3.05, 3.63) is 42.0 Å². The molecule has 0 aromatic heterocycles. The number of benzene rings is 2. The van der Waals surface area contributed by atoms with E-state index in [1.165, 1.54) is 0 Å². The molecule has 1 aliphatic heterocycles. The maximum Gasteiger partial charge on any atom is 0.317 e. The molecule has 2 aromatic rings. The summed E-state index contributed by atoms with van der Waals surface area (Å²) < 4.78 is 5.48. The predicted molar refractivity (Wildman–Crippen MR) is 96.8 cm³/mol. The number of hydrogen-bond acceptors (Lipinski definition) is 3. The monoisotopic (exact) mass is 341 g/mol. The molecule has 0 saturated carbocycles. The molecule has 3 rings (SSSR count). The smallest absolute Gasteiger partial charge is 0.317 e. The summed E-state index contributed by atoms with van der Waals surface area (Å²) in [4.78, 5) is 27.2. The van der Waals surface area contributed by atoms with Gasteiger partial charge in [-0.3, -0.25) is 4.79 Å². The highest BCUT2D eigenvalue weighted by Gasteiger charge is 2.24. The van der Waals surface area contributed by atoms with E-state index in [0.29, 0.717) is 26.1 Å². The Morgan fingerprint density at radius 2 is 2.00 bits per heavy atom. The van der Waals surface area contributed by atoms with Gasteiger partial charge in [0.2, 0.25) is 5.91 Å². The van der Waals surface area contributed by atoms with Gasteiger partial charge in [0.05, 0.1) is 7.11 Å². The van der Waals surface area contributed by atoms with Crippen LogP contribution in [0.15, 0.2) is 36.4 Å². The van der Waals surface area contributed by atoms with Gasteiger partial charge in [0.15, 0.2) is 0 Å². The van der Waals surface area contributed by atoms with E-state index >= 15 is 0 Å². The van der Waals surface area contributed by atoms with E-state index in [9.17, 15) is 9.59 Å². The number of carbonyl (C=O) groups is 2. The van der Waals surface area contributed by atoms with Crippen molar-refractivity contribution in [2.45, 2.75) is 6.42 Å². The highest BCUT2D eigenvalue weighted by Crippen LogP contribution is 2.28. The molecule has 0 spiro atoms. The number of nitrogens with one attached hydrogen (secondary N) is 1. The largest absolute Gasteiger partial charge is 0.496 e. The SMILES string of the molecule is COc1ccc2ccccc2c1CCNC(=O)N1CCN(C)C(=O)C1. The van der Waals surface area contributed by atoms with Crippen LogP contribution < -0.4 is 10.1 Å². The number of ether oxygens (including phenoxy) is 1. The number of fused-ring (bicyclic) bond motifs is 1. The van der Waals surface area contributed by atoms with Crippen LogP contribution in [0.5, 0.6) is 5.75 Å². The molecule has 0 aliphatic carbocycles. The Labute approximate surface area is 147 Å². The van der Waals surface area contributed by atoms with E-state index in [2.05, 4.69) is 17.4 Å². The summed E-state index contributed by atoms with van der Waals surface area (Å²) >= 11 is 0. The maximum atomic E-state index is 12.3. The van der Waals surface area contributed by atoms with Gasteiger partial charge in [0.25, 0.3) is 0 Å². The van der Waals surface area contributed by atoms with Gasteiger partial charge in [0, 0.05) is 32.2 Å². The fourth-order valence-corrected chi connectivity index (χ4v) is 3.10. The van der Waals surface area contributed by atoms with Crippen LogP contribution in [0.3, 0.4) is 0 Å². The lowest BCUT2D eigenvalue weighted by Gasteiger charge is -2.31. The highest BCUT2D eigenvalue weighted by atomic mass is 16.5. The normalized spacial score (nSPS) is 14.7. The van der Waals surface area contributed by atoms with Gasteiger partial charge >= 0.3 is 6.03 Å². The van der Waals surface area contributed by atoms with Crippen LogP contribution in [0, 0.1) is 0 Å². The Bertz CT molecular complexity index is 791. The predicted octanol–water partition coefficient (Wildman–Crippen LogP) is 1.87. The standard InChI is InChI=1S/C19H23N3O3/c1-21-11-12-22(13-18(21)23)19(24)20-10-9-16-15-6-4-3-5-14(15)7-8-17(16)25-2/h3-8H,9-13H2,1-2H3,(H,20,24). The molecule has 1 fully saturated rings. The Kier molecular flexibility index (Phi) is 5.07. The van der Waals surface area contributed by atoms with E-state index in [4.69, 9.17) is 4.74 Å². The Morgan fingerprint density at radius 1 is 1.20 bits per heavy atom. The van der Waals surface area contributed by atoms with Crippen molar-refractivity contribution in [1.82, 2.24) is 15.1 Å². The first-order valence-electron chi connectivity index (χ1n) is 8.41. The van der Waals surface area contributed by atoms with Gasteiger partial charge in [0.1, 0.15) is 12.3 Å². The topological polar surface area (TPSA) is 61.9 Å². The van der Waals surface area contributed by atoms with Crippen LogP contribution in [0.2, 0.25) is 0 Å². The third kappa shape index (κ3) is 3.68. The number of urea groups is 1. The van der Waals surface area contributed by atoms with Crippen molar-refractivity contribution in [3.8, 4) is 5.75 Å². The van der Waals surface area contributed by atoms with Crippen molar-refractivity contribution in [1.29, 1.82) is 0 Å². The maximum absolute atomic E-state index is 12.3. The highest BCUT2D eigenvalue weighted by molar-refractivity contribution is 5.88. The number of hydrogen-bond donors (Lipinski definition) is 1. The summed E-state index contributed by atoms with van der Waals surface area (Å²) in [5.74, 6) is 0.792. The third-order valence-corrected chi connectivity index (χ3v) is 4.61. The minimum Gasteiger partial charge on any atom is -0.496 e. The molecule has 3 amide bonds. The van der Waals surface area contributed by atoms with Gasteiger partial charge in [-0.25, -0.2) is 4.79 Å². The van der Waals surface area contributed by atoms with Crippen molar-refractivity contribution in [3.63, 3.8) is 0 Å². The molecule has 2 aromatic carbocycles. The van der Waals surface area contributed by atoms with E-state index < -0.39 is 0 Å². The molecule has 0 radical (unpaired) electrons. The van der Waals surface area contributed by atoms with E-state index in [1.54, 1.807) is 24.0 Å². The number of methoxy groups -OCH3 is 1. The van der Waals surface area contributed by atoms with Crippen LogP contribution in [0.25, 0.3) is 10.8 Å². The van der Waals surface area contributed by atoms with Crippen molar-refractivity contribution in [2.24, 2.45) is 0 Å². The number of likely N-dealkylation sites (N-methyl/N-ethyl adjacent to an activating group) is 1. The summed E-state index contributed by atoms with van der Waals surface area (Å²) in [7, 11) is 3.41. The second-order valence-corrected chi connectivity index (χ2v) is 6.19. The molecule has 6 heteroatoms. The minimum absolute atomic E-state index is 0.0304. The molecule has 25 heavy (non-hydrogen) atoms. The lowest BCUT2D eigenvalue weighted by atomic mass is 10.0. The fourth-order valence-electron chi connectivity index (χ4n) is 3.10. The van der Waals surface area contributed by atoms with E-state index in [-0.39, 0.29) is 18.5 Å². The third-order valence-electron chi connectivity index (χ3n) is 4.61. The van der Waals surface area contributed by atoms with Crippen molar-refractivity contribution < 1.29 is 14.3 Å². The summed E-state index contributed by atoms with van der Waals surface area (Å²) in [5.41, 5.74) is 1.08. The minimum atomic E-state index is -0.194. The number of nitrogens with zero attached hydrogens (tertiary/aromatic N) is 2. The Balaban J connectivity index is 1.65. The van der Waals surface area contributed by atoms with Gasteiger partial charge < -0.3 is 19.9 Å². The van der Waals surface area contributed by atoms with Gasteiger partial charge in [-0.05, 0) is 23.3 Å². The van der Waals surface area contributed by atoms with Crippen LogP contribution in [0.4, 0.5) is 4.79 Å². The van der Waals surface area contributed by atoms with Crippen LogP contribution in [-0.2, 0) is 11.2 Å². The van der Waals surface area contributed by atoms with Crippen LogP contribution in [0.1, 0.15) is 5.56 Å². The van der Waals surface area contributed by atoms with Gasteiger partial charge in [-0.15, -0.1) is 0 Å². The second kappa shape index (κ2) is 7.42. The lowest BCUT2D eigenvalue weighted by Crippen LogP contribution is -2.53. The van der Waals surface area contributed by atoms with Crippen molar-refractivity contribution >= 4 is 22.7 Å². The second-order valence-electron chi connectivity index (χ2n) is 6.19. The van der Waals surface area contributed by atoms with Gasteiger partial charge in [-0.2, -0.15) is 0 Å². The zero-order valence-electron chi connectivity index (χ0n) is 14.6. The molecule has 6 nitrogen and oxygen atoms in total. The number of rotatable bonds is 4. The summed E-state index contributed by atoms with van der Waals surface area (Å²) in [6.07, 6.45) is 0.665. The summed E-state index contributed by atoms with van der Waals surface area (Å²) in [6, 6.07) is 11.9.